The van der Waals surface area contributed by atoms with Crippen LogP contribution in [0.1, 0.15) is 11.1 Å². The summed E-state index contributed by atoms with van der Waals surface area (Å²) in [6.07, 6.45) is 0.0230. The fourth-order valence-corrected chi connectivity index (χ4v) is 2.92. The van der Waals surface area contributed by atoms with Crippen LogP contribution < -0.4 is 15.6 Å². The van der Waals surface area contributed by atoms with Crippen LogP contribution in [0.15, 0.2) is 47.3 Å². The summed E-state index contributed by atoms with van der Waals surface area (Å²) in [6.45, 7) is -0.330. The number of rotatable bonds is 5. The van der Waals surface area contributed by atoms with Gasteiger partial charge in [0.1, 0.15) is 17.3 Å². The van der Waals surface area contributed by atoms with E-state index in [0.29, 0.717) is 16.8 Å². The summed E-state index contributed by atoms with van der Waals surface area (Å²) in [5.41, 5.74) is -3.29. The number of hydrogen-bond donors (Lipinski definition) is 1. The van der Waals surface area contributed by atoms with Gasteiger partial charge in [-0.3, -0.25) is 9.59 Å². The van der Waals surface area contributed by atoms with E-state index in [4.69, 9.17) is 11.2 Å². The van der Waals surface area contributed by atoms with Gasteiger partial charge in [0.2, 0.25) is 0 Å². The van der Waals surface area contributed by atoms with Crippen LogP contribution in [0.2, 0.25) is 0 Å². The van der Waals surface area contributed by atoms with E-state index in [1.807, 2.05) is 0 Å². The normalized spacial score (nSPS) is 11.1. The van der Waals surface area contributed by atoms with Crippen LogP contribution >= 0.6 is 0 Å². The van der Waals surface area contributed by atoms with Crippen molar-refractivity contribution in [3.8, 4) is 35.1 Å². The molecule has 0 saturated heterocycles. The molecular formula is C22H14F5N3O3. The number of ether oxygens (including phenoxy) is 1. The Bertz CT molecular complexity index is 1330. The second-order valence-corrected chi connectivity index (χ2v) is 6.66. The third-order valence-electron chi connectivity index (χ3n) is 4.43. The highest BCUT2D eigenvalue weighted by molar-refractivity contribution is 5.92. The number of aromatic nitrogens is 2. The van der Waals surface area contributed by atoms with Crippen LogP contribution in [-0.2, 0) is 24.6 Å². The van der Waals surface area contributed by atoms with E-state index in [1.165, 1.54) is 18.2 Å². The van der Waals surface area contributed by atoms with Crippen molar-refractivity contribution >= 4 is 5.91 Å². The smallest absolute Gasteiger partial charge is 0.418 e. The van der Waals surface area contributed by atoms with Crippen LogP contribution in [0.5, 0.6) is 11.5 Å². The van der Waals surface area contributed by atoms with Crippen molar-refractivity contribution in [1.29, 1.82) is 0 Å². The van der Waals surface area contributed by atoms with E-state index >= 15 is 0 Å². The topological polar surface area (TPSA) is 73.2 Å². The highest BCUT2D eigenvalue weighted by atomic mass is 19.4. The van der Waals surface area contributed by atoms with Gasteiger partial charge in [0.15, 0.2) is 11.6 Å². The van der Waals surface area contributed by atoms with Crippen molar-refractivity contribution in [2.75, 3.05) is 0 Å². The summed E-state index contributed by atoms with van der Waals surface area (Å²) >= 11 is 0. The highest BCUT2D eigenvalue weighted by Gasteiger charge is 2.37. The summed E-state index contributed by atoms with van der Waals surface area (Å²) in [7, 11) is 1.15. The lowest BCUT2D eigenvalue weighted by Crippen LogP contribution is -2.25. The average Bonchev–Trinajstić information content (AvgIpc) is 2.75. The molecule has 0 aliphatic heterocycles. The second kappa shape index (κ2) is 9.12. The molecule has 0 atom stereocenters. The Morgan fingerprint density at radius 1 is 1.18 bits per heavy atom. The number of nitrogens with one attached hydrogen (secondary N) is 1. The predicted molar refractivity (Wildman–Crippen MR) is 107 cm³/mol. The summed E-state index contributed by atoms with van der Waals surface area (Å²) in [5, 5.41) is 6.07. The van der Waals surface area contributed by atoms with Crippen molar-refractivity contribution in [3.63, 3.8) is 0 Å². The SMILES string of the molecule is C#CC(=O)NCc1cccc(Oc2ccc(F)cc2F)c1-c1nn(C)c(=O)cc1C(F)(F)F. The molecule has 6 nitrogen and oxygen atoms in total. The Balaban J connectivity index is 2.27. The second-order valence-electron chi connectivity index (χ2n) is 6.66. The highest BCUT2D eigenvalue weighted by Crippen LogP contribution is 2.41. The van der Waals surface area contributed by atoms with Crippen molar-refractivity contribution < 1.29 is 31.5 Å². The Kier molecular flexibility index (Phi) is 6.48. The van der Waals surface area contributed by atoms with Crippen LogP contribution in [0.25, 0.3) is 11.3 Å². The number of terminal acetylenes is 1. The molecular weight excluding hydrogens is 449 g/mol. The van der Waals surface area contributed by atoms with Gasteiger partial charge in [-0.2, -0.15) is 18.3 Å². The number of amides is 1. The minimum atomic E-state index is -4.98. The van der Waals surface area contributed by atoms with E-state index in [-0.39, 0.29) is 23.4 Å². The molecule has 0 saturated carbocycles. The van der Waals surface area contributed by atoms with Crippen molar-refractivity contribution in [2.24, 2.45) is 7.05 Å². The number of hydrogen-bond acceptors (Lipinski definition) is 4. The molecule has 1 aromatic heterocycles. The van der Waals surface area contributed by atoms with E-state index in [1.54, 1.807) is 5.92 Å². The minimum absolute atomic E-state index is 0.0790. The number of halogens is 5. The maximum absolute atomic E-state index is 14.2. The Morgan fingerprint density at radius 3 is 2.55 bits per heavy atom. The van der Waals surface area contributed by atoms with Crippen LogP contribution in [0.3, 0.4) is 0 Å². The fourth-order valence-electron chi connectivity index (χ4n) is 2.92. The van der Waals surface area contributed by atoms with Gasteiger partial charge >= 0.3 is 6.18 Å². The van der Waals surface area contributed by atoms with Crippen LogP contribution in [0, 0.1) is 24.0 Å². The molecule has 33 heavy (non-hydrogen) atoms. The molecule has 0 bridgehead atoms. The van der Waals surface area contributed by atoms with Gasteiger partial charge in [-0.15, -0.1) is 6.42 Å². The number of aryl methyl sites for hydroxylation is 1. The molecule has 1 amide bonds. The molecule has 0 aliphatic rings. The Morgan fingerprint density at radius 2 is 1.91 bits per heavy atom. The van der Waals surface area contributed by atoms with Crippen LogP contribution in [0.4, 0.5) is 22.0 Å². The first-order valence-corrected chi connectivity index (χ1v) is 9.16. The summed E-state index contributed by atoms with van der Waals surface area (Å²) < 4.78 is 74.9. The molecule has 3 aromatic rings. The fraction of sp³-hybridized carbons (Fsp3) is 0.136. The molecule has 0 unspecified atom stereocenters. The molecule has 0 aliphatic carbocycles. The monoisotopic (exact) mass is 463 g/mol. The maximum atomic E-state index is 14.2. The van der Waals surface area contributed by atoms with Gasteiger partial charge < -0.3 is 10.1 Å². The van der Waals surface area contributed by atoms with Crippen molar-refractivity contribution in [3.05, 3.63) is 75.6 Å². The lowest BCUT2D eigenvalue weighted by Gasteiger charge is -2.19. The number of alkyl halides is 3. The van der Waals surface area contributed by atoms with E-state index < -0.39 is 46.3 Å². The number of nitrogens with zero attached hydrogens (tertiary/aromatic N) is 2. The van der Waals surface area contributed by atoms with Gasteiger partial charge in [0.05, 0.1) is 11.1 Å². The van der Waals surface area contributed by atoms with Crippen molar-refractivity contribution in [1.82, 2.24) is 15.1 Å². The first-order chi connectivity index (χ1) is 15.5. The summed E-state index contributed by atoms with van der Waals surface area (Å²) in [4.78, 5) is 23.4. The zero-order chi connectivity index (χ0) is 24.3. The van der Waals surface area contributed by atoms with Crippen LogP contribution in [-0.4, -0.2) is 15.7 Å². The average molecular weight is 463 g/mol. The third-order valence-corrected chi connectivity index (χ3v) is 4.43. The maximum Gasteiger partial charge on any atom is 0.418 e. The lowest BCUT2D eigenvalue weighted by molar-refractivity contribution is -0.137. The van der Waals surface area contributed by atoms with Crippen molar-refractivity contribution in [2.45, 2.75) is 12.7 Å². The zero-order valence-electron chi connectivity index (χ0n) is 16.8. The predicted octanol–water partition coefficient (Wildman–Crippen LogP) is 3.79. The Labute approximate surface area is 183 Å². The van der Waals surface area contributed by atoms with E-state index in [2.05, 4.69) is 10.4 Å². The first-order valence-electron chi connectivity index (χ1n) is 9.16. The largest absolute Gasteiger partial charge is 0.454 e. The van der Waals surface area contributed by atoms with Gasteiger partial charge in [0.25, 0.3) is 11.5 Å². The standard InChI is InChI=1S/C22H14F5N3O3/c1-3-18(31)28-11-12-5-4-6-17(33-16-8-7-13(23)9-15(16)24)20(12)21-14(22(25,26)27)10-19(32)30(2)29-21/h1,4-10H,11H2,2H3,(H,28,31). The van der Waals surface area contributed by atoms with E-state index in [0.717, 1.165) is 19.2 Å². The minimum Gasteiger partial charge on any atom is -0.454 e. The molecule has 2 aromatic carbocycles. The number of benzene rings is 2. The van der Waals surface area contributed by atoms with Gasteiger partial charge in [-0.05, 0) is 29.7 Å². The molecule has 1 N–H and O–H groups in total. The van der Waals surface area contributed by atoms with Gasteiger partial charge in [-0.1, -0.05) is 12.1 Å². The third kappa shape index (κ3) is 5.17. The molecule has 170 valence electrons. The molecule has 1 heterocycles. The first kappa shape index (κ1) is 23.5. The molecule has 3 rings (SSSR count). The summed E-state index contributed by atoms with van der Waals surface area (Å²) in [5.74, 6) is -1.77. The van der Waals surface area contributed by atoms with Gasteiger partial charge in [0, 0.05) is 25.7 Å². The van der Waals surface area contributed by atoms with Gasteiger partial charge in [-0.25, -0.2) is 13.5 Å². The molecule has 0 fully saturated rings. The molecule has 0 spiro atoms. The number of carbonyl (C=O) groups is 1. The Hall–Kier alpha value is -4.20. The summed E-state index contributed by atoms with van der Waals surface area (Å²) in [6, 6.07) is 6.75. The zero-order valence-corrected chi connectivity index (χ0v) is 16.8. The van der Waals surface area contributed by atoms with E-state index in [9.17, 15) is 31.5 Å². The lowest BCUT2D eigenvalue weighted by atomic mass is 9.99. The number of carbonyl (C=O) groups excluding carboxylic acids is 1. The molecule has 0 radical (unpaired) electrons. The quantitative estimate of drug-likeness (QED) is 0.462. The molecule has 11 heteroatoms.